The zero-order chi connectivity index (χ0) is 16.9. The van der Waals surface area contributed by atoms with Crippen LogP contribution < -0.4 is 15.4 Å². The first kappa shape index (κ1) is 22.9. The van der Waals surface area contributed by atoms with Gasteiger partial charge in [-0.15, -0.1) is 24.0 Å². The molecule has 0 amide bonds. The molecule has 0 aliphatic carbocycles. The predicted octanol–water partition coefficient (Wildman–Crippen LogP) is 1.60. The van der Waals surface area contributed by atoms with Crippen LogP contribution in [0.15, 0.2) is 29.3 Å². The number of methoxy groups -OCH3 is 2. The molecule has 0 aliphatic heterocycles. The Hall–Kier alpha value is -1.06. The van der Waals surface area contributed by atoms with Crippen LogP contribution in [-0.2, 0) is 11.2 Å². The number of rotatable bonds is 10. The first-order valence-electron chi connectivity index (χ1n) is 7.94. The van der Waals surface area contributed by atoms with Gasteiger partial charge in [0, 0.05) is 40.3 Å². The Morgan fingerprint density at radius 3 is 2.33 bits per heavy atom. The molecule has 6 nitrogen and oxygen atoms in total. The molecule has 1 rings (SSSR count). The Bertz CT molecular complexity index is 454. The molecule has 0 aromatic heterocycles. The predicted molar refractivity (Wildman–Crippen MR) is 111 cm³/mol. The SMILES string of the molecule is CN=C(NCCc1ccc(OC)cc1)NCCN(C)CCOC.I. The molecule has 0 atom stereocenters. The summed E-state index contributed by atoms with van der Waals surface area (Å²) in [5.74, 6) is 1.72. The van der Waals surface area contributed by atoms with Gasteiger partial charge in [-0.05, 0) is 31.2 Å². The zero-order valence-electron chi connectivity index (χ0n) is 15.2. The van der Waals surface area contributed by atoms with Crippen molar-refractivity contribution >= 4 is 29.9 Å². The van der Waals surface area contributed by atoms with Gasteiger partial charge >= 0.3 is 0 Å². The smallest absolute Gasteiger partial charge is 0.191 e. The lowest BCUT2D eigenvalue weighted by atomic mass is 10.1. The highest BCUT2D eigenvalue weighted by molar-refractivity contribution is 14.0. The third kappa shape index (κ3) is 9.94. The van der Waals surface area contributed by atoms with Gasteiger partial charge in [-0.25, -0.2) is 0 Å². The molecule has 7 heteroatoms. The van der Waals surface area contributed by atoms with Crippen molar-refractivity contribution < 1.29 is 9.47 Å². The molecule has 0 radical (unpaired) electrons. The van der Waals surface area contributed by atoms with Gasteiger partial charge in [-0.2, -0.15) is 0 Å². The van der Waals surface area contributed by atoms with Crippen molar-refractivity contribution in [3.05, 3.63) is 29.8 Å². The highest BCUT2D eigenvalue weighted by Gasteiger charge is 2.01. The van der Waals surface area contributed by atoms with Crippen LogP contribution in [-0.4, -0.2) is 72.0 Å². The van der Waals surface area contributed by atoms with Crippen LogP contribution in [0.4, 0.5) is 0 Å². The van der Waals surface area contributed by atoms with Crippen molar-refractivity contribution in [3.63, 3.8) is 0 Å². The summed E-state index contributed by atoms with van der Waals surface area (Å²) in [5, 5.41) is 6.65. The summed E-state index contributed by atoms with van der Waals surface area (Å²) < 4.78 is 10.2. The molecular formula is C17H31IN4O2. The van der Waals surface area contributed by atoms with E-state index in [4.69, 9.17) is 9.47 Å². The fourth-order valence-corrected chi connectivity index (χ4v) is 2.06. The van der Waals surface area contributed by atoms with Gasteiger partial charge in [0.1, 0.15) is 5.75 Å². The molecule has 0 aliphatic rings. The quantitative estimate of drug-likeness (QED) is 0.322. The molecule has 0 heterocycles. The molecule has 0 bridgehead atoms. The molecule has 0 fully saturated rings. The van der Waals surface area contributed by atoms with E-state index in [1.807, 2.05) is 12.1 Å². The van der Waals surface area contributed by atoms with Crippen LogP contribution >= 0.6 is 24.0 Å². The molecule has 0 saturated carbocycles. The number of guanidine groups is 1. The molecule has 24 heavy (non-hydrogen) atoms. The van der Waals surface area contributed by atoms with Crippen molar-refractivity contribution in [3.8, 4) is 5.75 Å². The number of likely N-dealkylation sites (N-methyl/N-ethyl adjacent to an activating group) is 1. The molecule has 0 saturated heterocycles. The molecule has 138 valence electrons. The van der Waals surface area contributed by atoms with E-state index in [-0.39, 0.29) is 24.0 Å². The number of aliphatic imine (C=N–C) groups is 1. The average molecular weight is 450 g/mol. The van der Waals surface area contributed by atoms with Crippen molar-refractivity contribution in [2.75, 3.05) is 61.1 Å². The summed E-state index contributed by atoms with van der Waals surface area (Å²) in [4.78, 5) is 6.46. The van der Waals surface area contributed by atoms with Gasteiger partial charge in [0.05, 0.1) is 13.7 Å². The van der Waals surface area contributed by atoms with Crippen molar-refractivity contribution in [1.82, 2.24) is 15.5 Å². The van der Waals surface area contributed by atoms with Crippen molar-refractivity contribution in [2.24, 2.45) is 4.99 Å². The van der Waals surface area contributed by atoms with Gasteiger partial charge in [-0.3, -0.25) is 4.99 Å². The van der Waals surface area contributed by atoms with Crippen LogP contribution in [0.3, 0.4) is 0 Å². The van der Waals surface area contributed by atoms with E-state index in [1.165, 1.54) is 5.56 Å². The largest absolute Gasteiger partial charge is 0.497 e. The van der Waals surface area contributed by atoms with Gasteiger partial charge in [-0.1, -0.05) is 12.1 Å². The highest BCUT2D eigenvalue weighted by atomic mass is 127. The Morgan fingerprint density at radius 2 is 1.75 bits per heavy atom. The molecular weight excluding hydrogens is 419 g/mol. The molecule has 0 spiro atoms. The number of halogens is 1. The lowest BCUT2D eigenvalue weighted by Gasteiger charge is -2.17. The van der Waals surface area contributed by atoms with Crippen LogP contribution in [0.25, 0.3) is 0 Å². The third-order valence-corrected chi connectivity index (χ3v) is 3.55. The maximum Gasteiger partial charge on any atom is 0.191 e. The second kappa shape index (κ2) is 14.3. The topological polar surface area (TPSA) is 58.1 Å². The van der Waals surface area contributed by atoms with Crippen LogP contribution in [0.1, 0.15) is 5.56 Å². The normalized spacial score (nSPS) is 11.1. The number of benzene rings is 1. The number of hydrogen-bond donors (Lipinski definition) is 2. The fourth-order valence-electron chi connectivity index (χ4n) is 2.06. The highest BCUT2D eigenvalue weighted by Crippen LogP contribution is 2.11. The Kier molecular flexibility index (Phi) is 13.7. The Morgan fingerprint density at radius 1 is 1.08 bits per heavy atom. The van der Waals surface area contributed by atoms with Gasteiger partial charge in [0.15, 0.2) is 5.96 Å². The number of nitrogens with zero attached hydrogens (tertiary/aromatic N) is 2. The van der Waals surface area contributed by atoms with Crippen LogP contribution in [0.5, 0.6) is 5.75 Å². The van der Waals surface area contributed by atoms with E-state index in [2.05, 4.69) is 39.7 Å². The minimum atomic E-state index is 0. The first-order chi connectivity index (χ1) is 11.2. The number of hydrogen-bond acceptors (Lipinski definition) is 4. The number of nitrogens with one attached hydrogen (secondary N) is 2. The van der Waals surface area contributed by atoms with Gasteiger partial charge in [0.2, 0.25) is 0 Å². The molecule has 1 aromatic rings. The second-order valence-electron chi connectivity index (χ2n) is 5.32. The van der Waals surface area contributed by atoms with E-state index in [0.29, 0.717) is 0 Å². The molecule has 0 unspecified atom stereocenters. The molecule has 2 N–H and O–H groups in total. The summed E-state index contributed by atoms with van der Waals surface area (Å²) >= 11 is 0. The average Bonchev–Trinajstić information content (AvgIpc) is 2.59. The Labute approximate surface area is 163 Å². The first-order valence-corrected chi connectivity index (χ1v) is 7.94. The van der Waals surface area contributed by atoms with Gasteiger partial charge < -0.3 is 25.0 Å². The fraction of sp³-hybridized carbons (Fsp3) is 0.588. The van der Waals surface area contributed by atoms with E-state index in [9.17, 15) is 0 Å². The summed E-state index contributed by atoms with van der Waals surface area (Å²) in [6.07, 6.45) is 0.943. The lowest BCUT2D eigenvalue weighted by molar-refractivity contribution is 0.162. The minimum Gasteiger partial charge on any atom is -0.497 e. The zero-order valence-corrected chi connectivity index (χ0v) is 17.5. The van der Waals surface area contributed by atoms with Crippen LogP contribution in [0, 0.1) is 0 Å². The lowest BCUT2D eigenvalue weighted by Crippen LogP contribution is -2.42. The summed E-state index contributed by atoms with van der Waals surface area (Å²) in [6.45, 7) is 4.32. The van der Waals surface area contributed by atoms with Crippen LogP contribution in [0.2, 0.25) is 0 Å². The standard InChI is InChI=1S/C17H30N4O2.HI/c1-18-17(20-11-12-21(2)13-14-22-3)19-10-9-15-5-7-16(23-4)8-6-15;/h5-8H,9-14H2,1-4H3,(H2,18,19,20);1H. The van der Waals surface area contributed by atoms with E-state index in [1.54, 1.807) is 21.3 Å². The third-order valence-electron chi connectivity index (χ3n) is 3.55. The monoisotopic (exact) mass is 450 g/mol. The van der Waals surface area contributed by atoms with E-state index >= 15 is 0 Å². The van der Waals surface area contributed by atoms with E-state index < -0.39 is 0 Å². The second-order valence-corrected chi connectivity index (χ2v) is 5.32. The maximum atomic E-state index is 5.16. The Balaban J connectivity index is 0.00000529. The van der Waals surface area contributed by atoms with Gasteiger partial charge in [0.25, 0.3) is 0 Å². The maximum absolute atomic E-state index is 5.16. The summed E-state index contributed by atoms with van der Waals surface area (Å²) in [7, 11) is 7.28. The van der Waals surface area contributed by atoms with E-state index in [0.717, 1.165) is 50.9 Å². The van der Waals surface area contributed by atoms with Crippen molar-refractivity contribution in [2.45, 2.75) is 6.42 Å². The number of ether oxygens (including phenoxy) is 2. The van der Waals surface area contributed by atoms with Crippen molar-refractivity contribution in [1.29, 1.82) is 0 Å². The summed E-state index contributed by atoms with van der Waals surface area (Å²) in [5.41, 5.74) is 1.27. The molecule has 1 aromatic carbocycles. The summed E-state index contributed by atoms with van der Waals surface area (Å²) in [6, 6.07) is 8.14. The minimum absolute atomic E-state index is 0.